The predicted molar refractivity (Wildman–Crippen MR) is 41.0 cm³/mol. The van der Waals surface area contributed by atoms with Crippen molar-refractivity contribution in [2.45, 2.75) is 0 Å². The van der Waals surface area contributed by atoms with Crippen LogP contribution >= 0.6 is 0 Å². The van der Waals surface area contributed by atoms with E-state index in [9.17, 15) is 0 Å². The standard InChI is InChI=1S/C7H15NO2/c1-2-6-10-7-4-8-3-5-9/h2,8-9H,1,3-7H2. The minimum atomic E-state index is 0.182. The van der Waals surface area contributed by atoms with Gasteiger partial charge in [0, 0.05) is 13.1 Å². The molecule has 10 heavy (non-hydrogen) atoms. The highest BCUT2D eigenvalue weighted by atomic mass is 16.5. The van der Waals surface area contributed by atoms with Crippen LogP contribution in [0.4, 0.5) is 0 Å². The summed E-state index contributed by atoms with van der Waals surface area (Å²) in [4.78, 5) is 0. The molecule has 0 fully saturated rings. The zero-order chi connectivity index (χ0) is 7.66. The van der Waals surface area contributed by atoms with Gasteiger partial charge >= 0.3 is 0 Å². The molecule has 0 spiro atoms. The number of nitrogens with one attached hydrogen (secondary N) is 1. The molecule has 0 aromatic rings. The van der Waals surface area contributed by atoms with E-state index in [4.69, 9.17) is 9.84 Å². The first kappa shape index (κ1) is 9.62. The number of aliphatic hydroxyl groups is 1. The van der Waals surface area contributed by atoms with Gasteiger partial charge in [-0.05, 0) is 0 Å². The molecule has 0 saturated carbocycles. The Hall–Kier alpha value is -0.380. The molecule has 2 N–H and O–H groups in total. The molecule has 0 aliphatic carbocycles. The SMILES string of the molecule is C=CCOCCNCCO. The third-order valence-electron chi connectivity index (χ3n) is 0.947. The summed E-state index contributed by atoms with van der Waals surface area (Å²) in [6.45, 7) is 6.38. The monoisotopic (exact) mass is 145 g/mol. The van der Waals surface area contributed by atoms with Crippen LogP contribution in [0.15, 0.2) is 12.7 Å². The maximum Gasteiger partial charge on any atom is 0.0645 e. The highest BCUT2D eigenvalue weighted by Gasteiger charge is 1.84. The van der Waals surface area contributed by atoms with Gasteiger partial charge in [0.1, 0.15) is 0 Å². The maximum atomic E-state index is 8.35. The van der Waals surface area contributed by atoms with E-state index in [-0.39, 0.29) is 6.61 Å². The lowest BCUT2D eigenvalue weighted by molar-refractivity contribution is 0.162. The Balaban J connectivity index is 2.70. The number of rotatable bonds is 7. The molecule has 0 radical (unpaired) electrons. The first-order chi connectivity index (χ1) is 4.91. The summed E-state index contributed by atoms with van der Waals surface area (Å²) in [5.74, 6) is 0. The fourth-order valence-corrected chi connectivity index (χ4v) is 0.515. The molecule has 0 heterocycles. The van der Waals surface area contributed by atoms with Crippen LogP contribution in [0.25, 0.3) is 0 Å². The van der Waals surface area contributed by atoms with Gasteiger partial charge in [-0.2, -0.15) is 0 Å². The quantitative estimate of drug-likeness (QED) is 0.384. The topological polar surface area (TPSA) is 41.5 Å². The number of aliphatic hydroxyl groups excluding tert-OH is 1. The summed E-state index contributed by atoms with van der Waals surface area (Å²) in [6, 6.07) is 0. The Labute approximate surface area is 61.7 Å². The van der Waals surface area contributed by atoms with Crippen LogP contribution in [0.1, 0.15) is 0 Å². The van der Waals surface area contributed by atoms with E-state index >= 15 is 0 Å². The van der Waals surface area contributed by atoms with Gasteiger partial charge in [-0.1, -0.05) is 6.08 Å². The van der Waals surface area contributed by atoms with Crippen LogP contribution in [0, 0.1) is 0 Å². The highest BCUT2D eigenvalue weighted by molar-refractivity contribution is 4.63. The Morgan fingerprint density at radius 3 is 2.90 bits per heavy atom. The molecule has 0 unspecified atom stereocenters. The van der Waals surface area contributed by atoms with E-state index in [0.29, 0.717) is 19.8 Å². The largest absolute Gasteiger partial charge is 0.395 e. The third kappa shape index (κ3) is 7.62. The first-order valence-electron chi connectivity index (χ1n) is 3.42. The Kier molecular flexibility index (Phi) is 8.29. The molecule has 0 atom stereocenters. The summed E-state index contributed by atoms with van der Waals surface area (Å²) in [6.07, 6.45) is 1.71. The molecule has 0 bridgehead atoms. The molecule has 0 aromatic heterocycles. The van der Waals surface area contributed by atoms with E-state index in [0.717, 1.165) is 6.54 Å². The second-order valence-electron chi connectivity index (χ2n) is 1.84. The lowest BCUT2D eigenvalue weighted by atomic mass is 10.6. The van der Waals surface area contributed by atoms with Gasteiger partial charge in [0.25, 0.3) is 0 Å². The molecule has 0 saturated heterocycles. The molecule has 0 aromatic carbocycles. The van der Waals surface area contributed by atoms with Crippen molar-refractivity contribution in [3.05, 3.63) is 12.7 Å². The molecule has 0 amide bonds. The normalized spacial score (nSPS) is 9.70. The van der Waals surface area contributed by atoms with E-state index in [1.54, 1.807) is 6.08 Å². The van der Waals surface area contributed by atoms with Crippen molar-refractivity contribution in [3.8, 4) is 0 Å². The molecule has 60 valence electrons. The summed E-state index contributed by atoms with van der Waals surface area (Å²) >= 11 is 0. The third-order valence-corrected chi connectivity index (χ3v) is 0.947. The van der Waals surface area contributed by atoms with Crippen molar-refractivity contribution >= 4 is 0 Å². The number of hydrogen-bond donors (Lipinski definition) is 2. The Morgan fingerprint density at radius 2 is 2.30 bits per heavy atom. The molecule has 3 heteroatoms. The van der Waals surface area contributed by atoms with Gasteiger partial charge < -0.3 is 15.2 Å². The fraction of sp³-hybridized carbons (Fsp3) is 0.714. The van der Waals surface area contributed by atoms with Gasteiger partial charge in [0.15, 0.2) is 0 Å². The van der Waals surface area contributed by atoms with Crippen LogP contribution in [-0.4, -0.2) is 38.0 Å². The molecular weight excluding hydrogens is 130 g/mol. The van der Waals surface area contributed by atoms with Crippen molar-refractivity contribution in [2.75, 3.05) is 32.9 Å². The summed E-state index contributed by atoms with van der Waals surface area (Å²) in [5, 5.41) is 11.3. The summed E-state index contributed by atoms with van der Waals surface area (Å²) in [7, 11) is 0. The average Bonchev–Trinajstić information content (AvgIpc) is 1.97. The van der Waals surface area contributed by atoms with Gasteiger partial charge in [-0.25, -0.2) is 0 Å². The Bertz CT molecular complexity index is 76.0. The lowest BCUT2D eigenvalue weighted by Crippen LogP contribution is -2.22. The minimum absolute atomic E-state index is 0.182. The van der Waals surface area contributed by atoms with Crippen molar-refractivity contribution in [2.24, 2.45) is 0 Å². The van der Waals surface area contributed by atoms with E-state index < -0.39 is 0 Å². The zero-order valence-corrected chi connectivity index (χ0v) is 6.18. The van der Waals surface area contributed by atoms with Gasteiger partial charge in [-0.3, -0.25) is 0 Å². The van der Waals surface area contributed by atoms with Crippen molar-refractivity contribution in [3.63, 3.8) is 0 Å². The zero-order valence-electron chi connectivity index (χ0n) is 6.18. The van der Waals surface area contributed by atoms with Crippen LogP contribution in [0.5, 0.6) is 0 Å². The van der Waals surface area contributed by atoms with E-state index in [1.165, 1.54) is 0 Å². The minimum Gasteiger partial charge on any atom is -0.395 e. The molecule has 0 rings (SSSR count). The number of hydrogen-bond acceptors (Lipinski definition) is 3. The highest BCUT2D eigenvalue weighted by Crippen LogP contribution is 1.72. The fourth-order valence-electron chi connectivity index (χ4n) is 0.515. The molecule has 0 aliphatic rings. The first-order valence-corrected chi connectivity index (χ1v) is 3.42. The maximum absolute atomic E-state index is 8.35. The van der Waals surface area contributed by atoms with Gasteiger partial charge in [0.2, 0.25) is 0 Å². The van der Waals surface area contributed by atoms with Crippen LogP contribution in [-0.2, 0) is 4.74 Å². The molecule has 3 nitrogen and oxygen atoms in total. The summed E-state index contributed by atoms with van der Waals surface area (Å²) < 4.78 is 5.07. The molecule has 0 aliphatic heterocycles. The van der Waals surface area contributed by atoms with Gasteiger partial charge in [-0.15, -0.1) is 6.58 Å². The lowest BCUT2D eigenvalue weighted by Gasteiger charge is -2.01. The molecular formula is C7H15NO2. The van der Waals surface area contributed by atoms with Crippen molar-refractivity contribution in [1.82, 2.24) is 5.32 Å². The predicted octanol–water partition coefficient (Wildman–Crippen LogP) is -0.229. The van der Waals surface area contributed by atoms with Gasteiger partial charge in [0.05, 0.1) is 19.8 Å². The van der Waals surface area contributed by atoms with E-state index in [2.05, 4.69) is 11.9 Å². The van der Waals surface area contributed by atoms with Crippen LogP contribution in [0.3, 0.4) is 0 Å². The van der Waals surface area contributed by atoms with Crippen LogP contribution < -0.4 is 5.32 Å². The van der Waals surface area contributed by atoms with Crippen molar-refractivity contribution < 1.29 is 9.84 Å². The van der Waals surface area contributed by atoms with Crippen LogP contribution in [0.2, 0.25) is 0 Å². The smallest absolute Gasteiger partial charge is 0.0645 e. The second kappa shape index (κ2) is 8.62. The Morgan fingerprint density at radius 1 is 1.50 bits per heavy atom. The second-order valence-corrected chi connectivity index (χ2v) is 1.84. The summed E-state index contributed by atoms with van der Waals surface area (Å²) in [5.41, 5.74) is 0. The van der Waals surface area contributed by atoms with E-state index in [1.807, 2.05) is 0 Å². The number of ether oxygens (including phenoxy) is 1. The average molecular weight is 145 g/mol. The van der Waals surface area contributed by atoms with Crippen molar-refractivity contribution in [1.29, 1.82) is 0 Å².